The number of nitrogens with zero attached hydrogens (tertiary/aromatic N) is 1. The van der Waals surface area contributed by atoms with Gasteiger partial charge in [-0.2, -0.15) is 0 Å². The van der Waals surface area contributed by atoms with E-state index in [-0.39, 0.29) is 6.42 Å². The van der Waals surface area contributed by atoms with E-state index in [9.17, 15) is 9.59 Å². The number of carbonyl (C=O) groups excluding carboxylic acids is 1. The van der Waals surface area contributed by atoms with Gasteiger partial charge < -0.3 is 16.2 Å². The van der Waals surface area contributed by atoms with Gasteiger partial charge in [-0.15, -0.1) is 0 Å². The van der Waals surface area contributed by atoms with Crippen molar-refractivity contribution < 1.29 is 14.7 Å². The maximum Gasteiger partial charge on any atom is 0.303 e. The van der Waals surface area contributed by atoms with Gasteiger partial charge in [-0.3, -0.25) is 9.59 Å². The van der Waals surface area contributed by atoms with Crippen molar-refractivity contribution in [1.29, 1.82) is 0 Å². The minimum absolute atomic E-state index is 0.0384. The average molecular weight is 279 g/mol. The van der Waals surface area contributed by atoms with E-state index in [1.165, 1.54) is 0 Å². The molecule has 0 bridgehead atoms. The van der Waals surface area contributed by atoms with E-state index in [1.54, 1.807) is 13.0 Å². The number of anilines is 1. The summed E-state index contributed by atoms with van der Waals surface area (Å²) in [7, 11) is 0. The van der Waals surface area contributed by atoms with Crippen LogP contribution in [0, 0.1) is 13.8 Å². The van der Waals surface area contributed by atoms with Gasteiger partial charge in [0.1, 0.15) is 5.82 Å². The Hall–Kier alpha value is -2.11. The molecule has 0 spiro atoms. The van der Waals surface area contributed by atoms with Crippen LogP contribution in [-0.2, 0) is 4.79 Å². The van der Waals surface area contributed by atoms with Crippen LogP contribution in [0.2, 0.25) is 0 Å². The lowest BCUT2D eigenvalue weighted by atomic mass is 9.97. The third kappa shape index (κ3) is 4.22. The molecule has 0 radical (unpaired) electrons. The fraction of sp³-hybridized carbons (Fsp3) is 0.500. The van der Waals surface area contributed by atoms with Gasteiger partial charge in [0.05, 0.1) is 5.56 Å². The second kappa shape index (κ2) is 5.90. The number of amides is 1. The normalized spacial score (nSPS) is 11.2. The van der Waals surface area contributed by atoms with Gasteiger partial charge in [0, 0.05) is 17.7 Å². The van der Waals surface area contributed by atoms with Crippen molar-refractivity contribution in [3.63, 3.8) is 0 Å². The Morgan fingerprint density at radius 2 is 2.00 bits per heavy atom. The van der Waals surface area contributed by atoms with E-state index in [0.29, 0.717) is 17.8 Å². The standard InChI is InChI=1S/C14H21N3O3/c1-8-7-9(2)16-13(11(8)12(15)20)17-14(3,4)6-5-10(18)19/h7H,5-6H2,1-4H3,(H2,15,20)(H,16,17)(H,18,19). The monoisotopic (exact) mass is 279 g/mol. The van der Waals surface area contributed by atoms with Crippen LogP contribution in [0.15, 0.2) is 6.07 Å². The molecule has 0 saturated heterocycles. The Bertz CT molecular complexity index is 539. The molecule has 1 aromatic heterocycles. The molecule has 0 aliphatic rings. The van der Waals surface area contributed by atoms with Gasteiger partial charge in [0.2, 0.25) is 0 Å². The summed E-state index contributed by atoms with van der Waals surface area (Å²) in [4.78, 5) is 26.5. The summed E-state index contributed by atoms with van der Waals surface area (Å²) in [5.41, 5.74) is 6.75. The first-order valence-corrected chi connectivity index (χ1v) is 6.40. The fourth-order valence-electron chi connectivity index (χ4n) is 2.04. The second-order valence-corrected chi connectivity index (χ2v) is 5.57. The lowest BCUT2D eigenvalue weighted by molar-refractivity contribution is -0.137. The molecule has 0 fully saturated rings. The second-order valence-electron chi connectivity index (χ2n) is 5.57. The van der Waals surface area contributed by atoms with Gasteiger partial charge in [0.15, 0.2) is 0 Å². The number of carboxylic acid groups (broad SMARTS) is 1. The quantitative estimate of drug-likeness (QED) is 0.737. The molecule has 110 valence electrons. The number of rotatable bonds is 6. The van der Waals surface area contributed by atoms with Crippen molar-refractivity contribution in [2.24, 2.45) is 5.73 Å². The summed E-state index contributed by atoms with van der Waals surface area (Å²) in [6.45, 7) is 7.34. The highest BCUT2D eigenvalue weighted by Gasteiger charge is 2.23. The molecule has 0 unspecified atom stereocenters. The maximum absolute atomic E-state index is 11.6. The molecule has 0 aliphatic heterocycles. The van der Waals surface area contributed by atoms with Crippen LogP contribution in [0.25, 0.3) is 0 Å². The Morgan fingerprint density at radius 1 is 1.40 bits per heavy atom. The summed E-state index contributed by atoms with van der Waals surface area (Å²) in [5, 5.41) is 11.9. The molecule has 0 saturated carbocycles. The smallest absolute Gasteiger partial charge is 0.303 e. The third-order valence-electron chi connectivity index (χ3n) is 3.01. The SMILES string of the molecule is Cc1cc(C)c(C(N)=O)c(NC(C)(C)CCC(=O)O)n1. The van der Waals surface area contributed by atoms with Crippen LogP contribution >= 0.6 is 0 Å². The molecule has 0 aromatic carbocycles. The van der Waals surface area contributed by atoms with Crippen molar-refractivity contribution >= 4 is 17.7 Å². The van der Waals surface area contributed by atoms with Crippen LogP contribution in [0.4, 0.5) is 5.82 Å². The van der Waals surface area contributed by atoms with E-state index in [1.807, 2.05) is 20.8 Å². The van der Waals surface area contributed by atoms with Gasteiger partial charge in [-0.25, -0.2) is 4.98 Å². The van der Waals surface area contributed by atoms with Crippen molar-refractivity contribution in [3.8, 4) is 0 Å². The number of primary amides is 1. The number of nitrogens with one attached hydrogen (secondary N) is 1. The number of aryl methyl sites for hydroxylation is 2. The number of hydrogen-bond acceptors (Lipinski definition) is 4. The highest BCUT2D eigenvalue weighted by atomic mass is 16.4. The van der Waals surface area contributed by atoms with Crippen LogP contribution in [0.1, 0.15) is 48.3 Å². The molecular weight excluding hydrogens is 258 g/mol. The minimum Gasteiger partial charge on any atom is -0.481 e. The van der Waals surface area contributed by atoms with E-state index in [4.69, 9.17) is 10.8 Å². The van der Waals surface area contributed by atoms with Gasteiger partial charge in [-0.05, 0) is 45.7 Å². The van der Waals surface area contributed by atoms with Gasteiger partial charge in [0.25, 0.3) is 5.91 Å². The van der Waals surface area contributed by atoms with Crippen molar-refractivity contribution in [2.75, 3.05) is 5.32 Å². The molecule has 0 aliphatic carbocycles. The van der Waals surface area contributed by atoms with E-state index < -0.39 is 17.4 Å². The predicted octanol–water partition coefficient (Wildman–Crippen LogP) is 1.85. The molecule has 4 N–H and O–H groups in total. The van der Waals surface area contributed by atoms with Crippen LogP contribution in [-0.4, -0.2) is 27.5 Å². The molecule has 0 atom stereocenters. The first-order valence-electron chi connectivity index (χ1n) is 6.40. The van der Waals surface area contributed by atoms with Crippen LogP contribution in [0.3, 0.4) is 0 Å². The first kappa shape index (κ1) is 15.9. The first-order chi connectivity index (χ1) is 9.12. The van der Waals surface area contributed by atoms with Crippen LogP contribution in [0.5, 0.6) is 0 Å². The molecule has 20 heavy (non-hydrogen) atoms. The molecular formula is C14H21N3O3. The summed E-state index contributed by atoms with van der Waals surface area (Å²) < 4.78 is 0. The lowest BCUT2D eigenvalue weighted by Crippen LogP contribution is -2.33. The summed E-state index contributed by atoms with van der Waals surface area (Å²) in [6, 6.07) is 1.79. The summed E-state index contributed by atoms with van der Waals surface area (Å²) in [6.07, 6.45) is 0.450. The van der Waals surface area contributed by atoms with Crippen LogP contribution < -0.4 is 11.1 Å². The largest absolute Gasteiger partial charge is 0.481 e. The van der Waals surface area contributed by atoms with Crippen molar-refractivity contribution in [2.45, 2.75) is 46.1 Å². The zero-order valence-electron chi connectivity index (χ0n) is 12.3. The number of carbonyl (C=O) groups is 2. The molecule has 1 heterocycles. The predicted molar refractivity (Wildman–Crippen MR) is 76.8 cm³/mol. The Balaban J connectivity index is 3.07. The third-order valence-corrected chi connectivity index (χ3v) is 3.01. The van der Waals surface area contributed by atoms with Gasteiger partial charge >= 0.3 is 5.97 Å². The molecule has 1 amide bonds. The topological polar surface area (TPSA) is 105 Å². The number of aliphatic carboxylic acids is 1. The van der Waals surface area contributed by atoms with Crippen molar-refractivity contribution in [3.05, 3.63) is 22.9 Å². The lowest BCUT2D eigenvalue weighted by Gasteiger charge is -2.27. The highest BCUT2D eigenvalue weighted by molar-refractivity contribution is 5.99. The zero-order chi connectivity index (χ0) is 15.5. The summed E-state index contributed by atoms with van der Waals surface area (Å²) >= 11 is 0. The number of aromatic nitrogens is 1. The Morgan fingerprint density at radius 3 is 2.50 bits per heavy atom. The number of nitrogens with two attached hydrogens (primary N) is 1. The molecule has 6 heteroatoms. The molecule has 1 rings (SSSR count). The van der Waals surface area contributed by atoms with E-state index >= 15 is 0 Å². The number of pyridine rings is 1. The average Bonchev–Trinajstić information content (AvgIpc) is 2.24. The number of carboxylic acids is 1. The van der Waals surface area contributed by atoms with E-state index in [0.717, 1.165) is 11.3 Å². The highest BCUT2D eigenvalue weighted by Crippen LogP contribution is 2.24. The molecule has 6 nitrogen and oxygen atoms in total. The maximum atomic E-state index is 11.6. The zero-order valence-corrected chi connectivity index (χ0v) is 12.3. The fourth-order valence-corrected chi connectivity index (χ4v) is 2.04. The Kier molecular flexibility index (Phi) is 4.70. The minimum atomic E-state index is -0.858. The van der Waals surface area contributed by atoms with E-state index in [2.05, 4.69) is 10.3 Å². The number of hydrogen-bond donors (Lipinski definition) is 3. The summed E-state index contributed by atoms with van der Waals surface area (Å²) in [5.74, 6) is -1.000. The molecule has 1 aromatic rings. The Labute approximate surface area is 118 Å². The van der Waals surface area contributed by atoms with Gasteiger partial charge in [-0.1, -0.05) is 0 Å². The van der Waals surface area contributed by atoms with Crippen molar-refractivity contribution in [1.82, 2.24) is 4.98 Å².